The lowest BCUT2D eigenvalue weighted by atomic mass is 10.4. The van der Waals surface area contributed by atoms with Crippen LogP contribution in [0.15, 0.2) is 0 Å². The highest BCUT2D eigenvalue weighted by atomic mass is 32.2. The summed E-state index contributed by atoms with van der Waals surface area (Å²) < 4.78 is 10.7. The van der Waals surface area contributed by atoms with E-state index in [1.807, 2.05) is 0 Å². The zero-order valence-electron chi connectivity index (χ0n) is 8.30. The van der Waals surface area contributed by atoms with E-state index in [-0.39, 0.29) is 0 Å². The summed E-state index contributed by atoms with van der Waals surface area (Å²) in [5.41, 5.74) is 0. The largest absolute Gasteiger partial charge is 0.315 e. The summed E-state index contributed by atoms with van der Waals surface area (Å²) in [5.74, 6) is 0.814. The molecule has 0 heterocycles. The van der Waals surface area contributed by atoms with E-state index < -0.39 is 10.8 Å². The topological polar surface area (TPSA) is 32.3 Å². The van der Waals surface area contributed by atoms with Crippen molar-refractivity contribution in [3.05, 3.63) is 0 Å². The fraction of sp³-hybridized carbons (Fsp3) is 1.00. The smallest absolute Gasteiger partial charge is 0.0244 e. The van der Waals surface area contributed by atoms with Crippen LogP contribution in [-0.2, 0) is 10.8 Å². The lowest BCUT2D eigenvalue weighted by Gasteiger charge is -2.09. The standard InChI is InChI=1S/C8H20N2OS/c1-10(2)7-6-9-5-4-8-12(3)11/h9H,4-8H2,1-3H3. The van der Waals surface area contributed by atoms with Gasteiger partial charge in [0.2, 0.25) is 0 Å². The van der Waals surface area contributed by atoms with Crippen LogP contribution in [0.1, 0.15) is 6.42 Å². The van der Waals surface area contributed by atoms with Crippen molar-refractivity contribution >= 4 is 10.8 Å². The summed E-state index contributed by atoms with van der Waals surface area (Å²) >= 11 is 0. The third-order valence-electron chi connectivity index (χ3n) is 1.52. The van der Waals surface area contributed by atoms with Gasteiger partial charge in [0.25, 0.3) is 0 Å². The second kappa shape index (κ2) is 7.71. The van der Waals surface area contributed by atoms with Crippen LogP contribution in [0.4, 0.5) is 0 Å². The molecule has 1 atom stereocenters. The van der Waals surface area contributed by atoms with Gasteiger partial charge in [0, 0.05) is 35.9 Å². The van der Waals surface area contributed by atoms with Crippen LogP contribution < -0.4 is 5.32 Å². The molecule has 0 aromatic carbocycles. The van der Waals surface area contributed by atoms with Gasteiger partial charge in [0.05, 0.1) is 0 Å². The molecule has 0 saturated carbocycles. The third kappa shape index (κ3) is 10.1. The molecule has 0 radical (unpaired) electrons. The lowest BCUT2D eigenvalue weighted by Crippen LogP contribution is -2.27. The van der Waals surface area contributed by atoms with Crippen LogP contribution in [0.2, 0.25) is 0 Å². The van der Waals surface area contributed by atoms with Crippen LogP contribution in [-0.4, -0.2) is 54.8 Å². The first-order valence-corrected chi connectivity index (χ1v) is 6.01. The van der Waals surface area contributed by atoms with Gasteiger partial charge in [-0.15, -0.1) is 0 Å². The molecule has 1 N–H and O–H groups in total. The fourth-order valence-corrected chi connectivity index (χ4v) is 1.38. The number of hydrogen-bond donors (Lipinski definition) is 1. The van der Waals surface area contributed by atoms with Gasteiger partial charge in [-0.2, -0.15) is 0 Å². The van der Waals surface area contributed by atoms with E-state index in [4.69, 9.17) is 0 Å². The van der Waals surface area contributed by atoms with E-state index in [0.717, 1.165) is 31.8 Å². The van der Waals surface area contributed by atoms with Crippen molar-refractivity contribution in [3.63, 3.8) is 0 Å². The molecule has 4 heteroatoms. The SMILES string of the molecule is CN(C)CCNCCCS(C)=O. The van der Waals surface area contributed by atoms with Crippen molar-refractivity contribution in [1.29, 1.82) is 0 Å². The molecule has 0 spiro atoms. The highest BCUT2D eigenvalue weighted by Crippen LogP contribution is 1.81. The molecule has 12 heavy (non-hydrogen) atoms. The zero-order chi connectivity index (χ0) is 9.40. The molecule has 0 aromatic heterocycles. The number of likely N-dealkylation sites (N-methyl/N-ethyl adjacent to an activating group) is 1. The number of nitrogens with zero attached hydrogens (tertiary/aromatic N) is 1. The van der Waals surface area contributed by atoms with Crippen LogP contribution in [0.5, 0.6) is 0 Å². The van der Waals surface area contributed by atoms with Crippen molar-refractivity contribution in [3.8, 4) is 0 Å². The van der Waals surface area contributed by atoms with Crippen molar-refractivity contribution in [2.24, 2.45) is 0 Å². The van der Waals surface area contributed by atoms with Crippen molar-refractivity contribution in [2.75, 3.05) is 45.7 Å². The maximum absolute atomic E-state index is 10.7. The first-order chi connectivity index (χ1) is 5.63. The predicted molar refractivity (Wildman–Crippen MR) is 55.0 cm³/mol. The van der Waals surface area contributed by atoms with Gasteiger partial charge in [-0.1, -0.05) is 0 Å². The third-order valence-corrected chi connectivity index (χ3v) is 2.38. The van der Waals surface area contributed by atoms with Gasteiger partial charge in [-0.3, -0.25) is 4.21 Å². The fourth-order valence-electron chi connectivity index (χ4n) is 0.828. The molecule has 0 fully saturated rings. The van der Waals surface area contributed by atoms with E-state index in [9.17, 15) is 4.21 Å². The molecule has 0 aliphatic carbocycles. The average Bonchev–Trinajstić information content (AvgIpc) is 1.95. The van der Waals surface area contributed by atoms with Crippen LogP contribution in [0, 0.1) is 0 Å². The Morgan fingerprint density at radius 3 is 2.50 bits per heavy atom. The zero-order valence-corrected chi connectivity index (χ0v) is 9.12. The van der Waals surface area contributed by atoms with Crippen LogP contribution in [0.3, 0.4) is 0 Å². The Balaban J connectivity index is 2.96. The predicted octanol–water partition coefficient (Wildman–Crippen LogP) is -0.0938. The molecule has 0 aliphatic heterocycles. The first kappa shape index (κ1) is 12.1. The second-order valence-electron chi connectivity index (χ2n) is 3.18. The number of rotatable bonds is 7. The Hall–Kier alpha value is 0.0700. The van der Waals surface area contributed by atoms with E-state index in [1.165, 1.54) is 0 Å². The molecule has 1 unspecified atom stereocenters. The number of hydrogen-bond acceptors (Lipinski definition) is 3. The molecule has 0 bridgehead atoms. The summed E-state index contributed by atoms with van der Waals surface area (Å²) in [6, 6.07) is 0. The Bertz CT molecular complexity index is 128. The normalized spacial score (nSPS) is 13.7. The molecular weight excluding hydrogens is 172 g/mol. The van der Waals surface area contributed by atoms with E-state index in [2.05, 4.69) is 24.3 Å². The minimum atomic E-state index is -0.630. The quantitative estimate of drug-likeness (QED) is 0.572. The summed E-state index contributed by atoms with van der Waals surface area (Å²) in [6.07, 6.45) is 2.76. The molecule has 0 rings (SSSR count). The molecule has 0 amide bonds. The van der Waals surface area contributed by atoms with Gasteiger partial charge < -0.3 is 10.2 Å². The highest BCUT2D eigenvalue weighted by Gasteiger charge is 1.92. The molecule has 0 aliphatic rings. The van der Waals surface area contributed by atoms with Crippen LogP contribution >= 0.6 is 0 Å². The molecule has 3 nitrogen and oxygen atoms in total. The minimum Gasteiger partial charge on any atom is -0.315 e. The molecule has 74 valence electrons. The van der Waals surface area contributed by atoms with E-state index >= 15 is 0 Å². The highest BCUT2D eigenvalue weighted by molar-refractivity contribution is 7.84. The maximum atomic E-state index is 10.7. The summed E-state index contributed by atoms with van der Waals surface area (Å²) in [5, 5.41) is 3.30. The monoisotopic (exact) mass is 192 g/mol. The molecular formula is C8H20N2OS. The van der Waals surface area contributed by atoms with Gasteiger partial charge in [-0.25, -0.2) is 0 Å². The number of nitrogens with one attached hydrogen (secondary N) is 1. The van der Waals surface area contributed by atoms with Crippen molar-refractivity contribution in [2.45, 2.75) is 6.42 Å². The molecule has 0 saturated heterocycles. The van der Waals surface area contributed by atoms with Gasteiger partial charge >= 0.3 is 0 Å². The summed E-state index contributed by atoms with van der Waals surface area (Å²) in [7, 11) is 3.49. The molecule has 0 aromatic rings. The van der Waals surface area contributed by atoms with E-state index in [1.54, 1.807) is 6.26 Å². The van der Waals surface area contributed by atoms with Crippen molar-refractivity contribution in [1.82, 2.24) is 10.2 Å². The second-order valence-corrected chi connectivity index (χ2v) is 4.74. The minimum absolute atomic E-state index is 0.630. The lowest BCUT2D eigenvalue weighted by molar-refractivity contribution is 0.400. The maximum Gasteiger partial charge on any atom is 0.0244 e. The Morgan fingerprint density at radius 1 is 1.33 bits per heavy atom. The Morgan fingerprint density at radius 2 is 2.00 bits per heavy atom. The Kier molecular flexibility index (Phi) is 7.75. The first-order valence-electron chi connectivity index (χ1n) is 4.28. The Labute approximate surface area is 78.0 Å². The summed E-state index contributed by atoms with van der Waals surface area (Å²) in [6.45, 7) is 3.06. The van der Waals surface area contributed by atoms with Crippen molar-refractivity contribution < 1.29 is 4.21 Å². The van der Waals surface area contributed by atoms with Gasteiger partial charge in [0.15, 0.2) is 0 Å². The van der Waals surface area contributed by atoms with E-state index in [0.29, 0.717) is 0 Å². The van der Waals surface area contributed by atoms with Crippen LogP contribution in [0.25, 0.3) is 0 Å². The summed E-state index contributed by atoms with van der Waals surface area (Å²) in [4.78, 5) is 2.14. The van der Waals surface area contributed by atoms with Gasteiger partial charge in [0.1, 0.15) is 0 Å². The average molecular weight is 192 g/mol. The van der Waals surface area contributed by atoms with Gasteiger partial charge in [-0.05, 0) is 27.1 Å².